The van der Waals surface area contributed by atoms with E-state index < -0.39 is 12.5 Å². The summed E-state index contributed by atoms with van der Waals surface area (Å²) < 4.78 is 0. The molecule has 0 aliphatic heterocycles. The molecular weight excluding hydrogens is 454 g/mol. The maximum Gasteiger partial charge on any atom is 0.323 e. The molecule has 8 nitrogen and oxygen atoms in total. The SMILES string of the molecule is CN(CCc1ccccc1)c1ncc(C(=O)N(CC(=O)O)Cc2ccccc2)c(CCCCCN)n1. The van der Waals surface area contributed by atoms with Crippen LogP contribution in [0.4, 0.5) is 5.95 Å². The lowest BCUT2D eigenvalue weighted by molar-refractivity contribution is -0.137. The van der Waals surface area contributed by atoms with Crippen LogP contribution in [0.1, 0.15) is 46.4 Å². The first-order valence-corrected chi connectivity index (χ1v) is 12.3. The minimum Gasteiger partial charge on any atom is -0.480 e. The number of hydrogen-bond acceptors (Lipinski definition) is 6. The number of likely N-dealkylation sites (N-methyl/N-ethyl adjacent to an activating group) is 1. The Morgan fingerprint density at radius 3 is 2.22 bits per heavy atom. The van der Waals surface area contributed by atoms with Crippen molar-refractivity contribution in [3.05, 3.63) is 89.2 Å². The molecule has 1 heterocycles. The highest BCUT2D eigenvalue weighted by Gasteiger charge is 2.23. The van der Waals surface area contributed by atoms with Crippen LogP contribution in [0.25, 0.3) is 0 Å². The fraction of sp³-hybridized carbons (Fsp3) is 0.357. The van der Waals surface area contributed by atoms with E-state index in [0.717, 1.165) is 37.8 Å². The Hall–Kier alpha value is -3.78. The minimum absolute atomic E-state index is 0.192. The number of carboxylic acids is 1. The third kappa shape index (κ3) is 8.16. The Labute approximate surface area is 212 Å². The third-order valence-corrected chi connectivity index (χ3v) is 5.95. The molecule has 0 fully saturated rings. The van der Waals surface area contributed by atoms with E-state index >= 15 is 0 Å². The zero-order valence-corrected chi connectivity index (χ0v) is 20.8. The molecule has 190 valence electrons. The summed E-state index contributed by atoms with van der Waals surface area (Å²) in [5.41, 5.74) is 8.71. The van der Waals surface area contributed by atoms with Crippen molar-refractivity contribution in [1.82, 2.24) is 14.9 Å². The van der Waals surface area contributed by atoms with E-state index in [0.29, 0.717) is 30.2 Å². The number of benzene rings is 2. The third-order valence-electron chi connectivity index (χ3n) is 5.95. The molecule has 0 bridgehead atoms. The Morgan fingerprint density at radius 1 is 0.917 bits per heavy atom. The number of aliphatic carboxylic acids is 1. The fourth-order valence-electron chi connectivity index (χ4n) is 3.95. The molecule has 3 aromatic rings. The Morgan fingerprint density at radius 2 is 1.58 bits per heavy atom. The van der Waals surface area contributed by atoms with Crippen molar-refractivity contribution in [1.29, 1.82) is 0 Å². The first-order chi connectivity index (χ1) is 17.5. The van der Waals surface area contributed by atoms with Crippen molar-refractivity contribution < 1.29 is 14.7 Å². The van der Waals surface area contributed by atoms with E-state index in [1.165, 1.54) is 10.5 Å². The summed E-state index contributed by atoms with van der Waals surface area (Å²) in [6.07, 6.45) is 5.64. The molecule has 8 heteroatoms. The number of nitrogens with zero attached hydrogens (tertiary/aromatic N) is 4. The molecule has 36 heavy (non-hydrogen) atoms. The largest absolute Gasteiger partial charge is 0.480 e. The number of rotatable bonds is 14. The quantitative estimate of drug-likeness (QED) is 0.333. The summed E-state index contributed by atoms with van der Waals surface area (Å²) in [7, 11) is 1.93. The predicted molar refractivity (Wildman–Crippen MR) is 141 cm³/mol. The standard InChI is InChI=1S/C28H35N5O3/c1-32(18-16-22-11-5-2-6-12-22)28-30-19-24(25(31-28)15-9-4-10-17-29)27(36)33(21-26(34)35)20-23-13-7-3-8-14-23/h2-3,5-8,11-14,19H,4,9-10,15-18,20-21,29H2,1H3,(H,34,35). The lowest BCUT2D eigenvalue weighted by atomic mass is 10.1. The molecule has 0 atom stereocenters. The topological polar surface area (TPSA) is 113 Å². The van der Waals surface area contributed by atoms with Crippen LogP contribution in [0, 0.1) is 0 Å². The van der Waals surface area contributed by atoms with Gasteiger partial charge >= 0.3 is 5.97 Å². The van der Waals surface area contributed by atoms with Gasteiger partial charge in [0, 0.05) is 26.3 Å². The molecule has 0 saturated heterocycles. The summed E-state index contributed by atoms with van der Waals surface area (Å²) in [5.74, 6) is -0.903. The lowest BCUT2D eigenvalue weighted by Gasteiger charge is -2.23. The summed E-state index contributed by atoms with van der Waals surface area (Å²) >= 11 is 0. The van der Waals surface area contributed by atoms with Crippen molar-refractivity contribution in [3.8, 4) is 0 Å². The van der Waals surface area contributed by atoms with E-state index in [1.54, 1.807) is 6.20 Å². The van der Waals surface area contributed by atoms with Gasteiger partial charge in [0.15, 0.2) is 0 Å². The van der Waals surface area contributed by atoms with Crippen LogP contribution in [0.3, 0.4) is 0 Å². The Balaban J connectivity index is 1.83. The van der Waals surface area contributed by atoms with Crippen LogP contribution in [-0.2, 0) is 24.2 Å². The molecule has 0 spiro atoms. The number of unbranched alkanes of at least 4 members (excludes halogenated alkanes) is 2. The van der Waals surface area contributed by atoms with Gasteiger partial charge in [0.1, 0.15) is 6.54 Å². The van der Waals surface area contributed by atoms with E-state index in [2.05, 4.69) is 17.1 Å². The number of hydrogen-bond donors (Lipinski definition) is 2. The number of anilines is 1. The van der Waals surface area contributed by atoms with E-state index in [4.69, 9.17) is 10.7 Å². The Bertz CT molecular complexity index is 1110. The number of nitrogens with two attached hydrogens (primary N) is 1. The van der Waals surface area contributed by atoms with Gasteiger partial charge in [0.05, 0.1) is 11.3 Å². The number of carbonyl (C=O) groups is 2. The molecule has 1 amide bonds. The number of aryl methyl sites for hydroxylation is 1. The maximum atomic E-state index is 13.5. The average molecular weight is 490 g/mol. The van der Waals surface area contributed by atoms with Gasteiger partial charge in [-0.25, -0.2) is 9.97 Å². The Kier molecular flexibility index (Phi) is 10.4. The summed E-state index contributed by atoms with van der Waals surface area (Å²) in [4.78, 5) is 37.6. The second-order valence-corrected chi connectivity index (χ2v) is 8.83. The molecule has 0 aliphatic carbocycles. The molecular formula is C28H35N5O3. The average Bonchev–Trinajstić information content (AvgIpc) is 2.90. The van der Waals surface area contributed by atoms with Crippen LogP contribution in [0.15, 0.2) is 66.9 Å². The summed E-state index contributed by atoms with van der Waals surface area (Å²) in [5, 5.41) is 9.45. The molecule has 3 N–H and O–H groups in total. The number of carbonyl (C=O) groups excluding carboxylic acids is 1. The molecule has 0 saturated carbocycles. The smallest absolute Gasteiger partial charge is 0.323 e. The maximum absolute atomic E-state index is 13.5. The molecule has 0 unspecified atom stereocenters. The van der Waals surface area contributed by atoms with Crippen molar-refractivity contribution in [2.24, 2.45) is 5.73 Å². The summed E-state index contributed by atoms with van der Waals surface area (Å²) in [6, 6.07) is 19.6. The second kappa shape index (κ2) is 13.9. The van der Waals surface area contributed by atoms with E-state index in [9.17, 15) is 14.7 Å². The molecule has 3 rings (SSSR count). The van der Waals surface area contributed by atoms with Gasteiger partial charge in [-0.15, -0.1) is 0 Å². The van der Waals surface area contributed by atoms with Crippen LogP contribution < -0.4 is 10.6 Å². The minimum atomic E-state index is -1.07. The predicted octanol–water partition coefficient (Wildman–Crippen LogP) is 3.55. The van der Waals surface area contributed by atoms with Gasteiger partial charge in [-0.2, -0.15) is 0 Å². The monoisotopic (exact) mass is 489 g/mol. The first kappa shape index (κ1) is 26.8. The van der Waals surface area contributed by atoms with Gasteiger partial charge in [0.2, 0.25) is 5.95 Å². The van der Waals surface area contributed by atoms with Crippen LogP contribution in [0.2, 0.25) is 0 Å². The van der Waals surface area contributed by atoms with Crippen molar-refractivity contribution in [3.63, 3.8) is 0 Å². The van der Waals surface area contributed by atoms with Crippen LogP contribution >= 0.6 is 0 Å². The van der Waals surface area contributed by atoms with E-state index in [1.807, 2.05) is 60.5 Å². The van der Waals surface area contributed by atoms with Crippen molar-refractivity contribution in [2.45, 2.75) is 38.6 Å². The highest BCUT2D eigenvalue weighted by atomic mass is 16.4. The molecule has 0 radical (unpaired) electrons. The van der Waals surface area contributed by atoms with Gasteiger partial charge in [-0.3, -0.25) is 9.59 Å². The van der Waals surface area contributed by atoms with Crippen molar-refractivity contribution in [2.75, 3.05) is 31.6 Å². The first-order valence-electron chi connectivity index (χ1n) is 12.3. The van der Waals surface area contributed by atoms with Crippen LogP contribution in [0.5, 0.6) is 0 Å². The van der Waals surface area contributed by atoms with Gasteiger partial charge in [-0.05, 0) is 43.4 Å². The molecule has 1 aromatic heterocycles. The van der Waals surface area contributed by atoms with Gasteiger partial charge in [-0.1, -0.05) is 67.1 Å². The normalized spacial score (nSPS) is 10.7. The number of aromatic nitrogens is 2. The number of amides is 1. The second-order valence-electron chi connectivity index (χ2n) is 8.83. The zero-order valence-electron chi connectivity index (χ0n) is 20.8. The van der Waals surface area contributed by atoms with Gasteiger partial charge in [0.25, 0.3) is 5.91 Å². The zero-order chi connectivity index (χ0) is 25.8. The number of carboxylic acid groups (broad SMARTS) is 1. The molecule has 2 aromatic carbocycles. The van der Waals surface area contributed by atoms with Crippen LogP contribution in [-0.4, -0.2) is 58.5 Å². The highest BCUT2D eigenvalue weighted by Crippen LogP contribution is 2.18. The fourth-order valence-corrected chi connectivity index (χ4v) is 3.95. The van der Waals surface area contributed by atoms with Crippen molar-refractivity contribution >= 4 is 17.8 Å². The summed E-state index contributed by atoms with van der Waals surface area (Å²) in [6.45, 7) is 1.13. The highest BCUT2D eigenvalue weighted by molar-refractivity contribution is 5.96. The van der Waals surface area contributed by atoms with E-state index in [-0.39, 0.29) is 12.5 Å². The van der Waals surface area contributed by atoms with Gasteiger partial charge < -0.3 is 20.6 Å². The molecule has 0 aliphatic rings. The lowest BCUT2D eigenvalue weighted by Crippen LogP contribution is -2.36.